The highest BCUT2D eigenvalue weighted by atomic mass is 79.9. The van der Waals surface area contributed by atoms with Crippen LogP contribution in [0.5, 0.6) is 0 Å². The molecule has 1 aromatic carbocycles. The highest BCUT2D eigenvalue weighted by molar-refractivity contribution is 9.10. The Hall–Kier alpha value is -0.670. The molecule has 3 heteroatoms. The van der Waals surface area contributed by atoms with Crippen molar-refractivity contribution >= 4 is 27.3 Å². The molecular formula is C14H16BrNS. The van der Waals surface area contributed by atoms with E-state index in [1.54, 1.807) is 11.3 Å². The zero-order chi connectivity index (χ0) is 12.6. The topological polar surface area (TPSA) is 12.9 Å². The van der Waals surface area contributed by atoms with Crippen molar-refractivity contribution < 1.29 is 0 Å². The minimum absolute atomic E-state index is 0.123. The molecule has 0 atom stereocenters. The van der Waals surface area contributed by atoms with Crippen molar-refractivity contribution in [1.82, 2.24) is 4.98 Å². The number of nitrogens with zero attached hydrogens (tertiary/aromatic N) is 1. The summed E-state index contributed by atoms with van der Waals surface area (Å²) in [7, 11) is 0. The van der Waals surface area contributed by atoms with Gasteiger partial charge < -0.3 is 0 Å². The van der Waals surface area contributed by atoms with Crippen LogP contribution in [0.4, 0.5) is 0 Å². The predicted octanol–water partition coefficient (Wildman–Crippen LogP) is 5.18. The normalized spacial score (nSPS) is 11.8. The average molecular weight is 310 g/mol. The lowest BCUT2D eigenvalue weighted by molar-refractivity contribution is 0.573. The molecule has 1 aromatic heterocycles. The van der Waals surface area contributed by atoms with Gasteiger partial charge in [0.15, 0.2) is 0 Å². The molecule has 0 aliphatic carbocycles. The molecule has 0 aliphatic heterocycles. The lowest BCUT2D eigenvalue weighted by atomic mass is 9.93. The van der Waals surface area contributed by atoms with Crippen LogP contribution in [-0.4, -0.2) is 4.98 Å². The molecule has 0 saturated carbocycles. The summed E-state index contributed by atoms with van der Waals surface area (Å²) in [6.45, 7) is 8.71. The van der Waals surface area contributed by atoms with E-state index in [0.717, 1.165) is 9.48 Å². The largest absolute Gasteiger partial charge is 0.241 e. The fourth-order valence-corrected chi connectivity index (χ4v) is 3.22. The fraction of sp³-hybridized carbons (Fsp3) is 0.357. The Balaban J connectivity index is 2.44. The van der Waals surface area contributed by atoms with Gasteiger partial charge in [0.1, 0.15) is 5.01 Å². The summed E-state index contributed by atoms with van der Waals surface area (Å²) in [5.74, 6) is 0. The highest BCUT2D eigenvalue weighted by Crippen LogP contribution is 2.32. The third-order valence-corrected chi connectivity index (χ3v) is 4.06. The molecule has 90 valence electrons. The van der Waals surface area contributed by atoms with Crippen LogP contribution in [-0.2, 0) is 5.41 Å². The van der Waals surface area contributed by atoms with Crippen molar-refractivity contribution in [3.8, 4) is 10.6 Å². The van der Waals surface area contributed by atoms with Crippen LogP contribution in [0.2, 0.25) is 0 Å². The van der Waals surface area contributed by atoms with E-state index in [0.29, 0.717) is 0 Å². The Labute approximate surface area is 115 Å². The Morgan fingerprint density at radius 2 is 1.94 bits per heavy atom. The maximum absolute atomic E-state index is 4.75. The number of thiazole rings is 1. The van der Waals surface area contributed by atoms with Crippen molar-refractivity contribution in [1.29, 1.82) is 0 Å². The standard InChI is InChI=1S/C14H16BrNS/c1-9-7-10(15)5-6-11(9)13-16-12(8-17-13)14(2,3)4/h5-8H,1-4H3. The Kier molecular flexibility index (Phi) is 3.41. The number of hydrogen-bond donors (Lipinski definition) is 0. The number of halogens is 1. The zero-order valence-electron chi connectivity index (χ0n) is 10.5. The van der Waals surface area contributed by atoms with Gasteiger partial charge in [0.25, 0.3) is 0 Å². The molecule has 2 rings (SSSR count). The number of hydrogen-bond acceptors (Lipinski definition) is 2. The van der Waals surface area contributed by atoms with Gasteiger partial charge in [-0.05, 0) is 24.6 Å². The fourth-order valence-electron chi connectivity index (χ4n) is 1.61. The number of benzene rings is 1. The van der Waals surface area contributed by atoms with E-state index in [-0.39, 0.29) is 5.41 Å². The van der Waals surface area contributed by atoms with E-state index in [2.05, 4.69) is 67.2 Å². The van der Waals surface area contributed by atoms with Gasteiger partial charge in [-0.3, -0.25) is 0 Å². The molecule has 0 bridgehead atoms. The van der Waals surface area contributed by atoms with Crippen LogP contribution in [0.25, 0.3) is 10.6 Å². The highest BCUT2D eigenvalue weighted by Gasteiger charge is 2.18. The number of rotatable bonds is 1. The first kappa shape index (κ1) is 12.8. The molecule has 1 heterocycles. The third-order valence-electron chi connectivity index (χ3n) is 2.69. The molecule has 1 nitrogen and oxygen atoms in total. The Morgan fingerprint density at radius 1 is 1.24 bits per heavy atom. The monoisotopic (exact) mass is 309 g/mol. The molecular weight excluding hydrogens is 294 g/mol. The first-order valence-corrected chi connectivity index (χ1v) is 7.28. The van der Waals surface area contributed by atoms with E-state index >= 15 is 0 Å². The minimum Gasteiger partial charge on any atom is -0.241 e. The number of aromatic nitrogens is 1. The SMILES string of the molecule is Cc1cc(Br)ccc1-c1nc(C(C)(C)C)cs1. The van der Waals surface area contributed by atoms with Crippen LogP contribution in [0.3, 0.4) is 0 Å². The summed E-state index contributed by atoms with van der Waals surface area (Å²) in [5, 5.41) is 3.27. The van der Waals surface area contributed by atoms with Gasteiger partial charge in [0.05, 0.1) is 5.69 Å². The molecule has 0 saturated heterocycles. The van der Waals surface area contributed by atoms with Crippen molar-refractivity contribution in [2.75, 3.05) is 0 Å². The Bertz CT molecular complexity index is 537. The second-order valence-electron chi connectivity index (χ2n) is 5.25. The van der Waals surface area contributed by atoms with Gasteiger partial charge in [-0.25, -0.2) is 4.98 Å². The quantitative estimate of drug-likeness (QED) is 0.707. The van der Waals surface area contributed by atoms with Crippen molar-refractivity contribution in [3.05, 3.63) is 39.3 Å². The van der Waals surface area contributed by atoms with Crippen LogP contribution < -0.4 is 0 Å². The summed E-state index contributed by atoms with van der Waals surface area (Å²) in [5.41, 5.74) is 3.78. The summed E-state index contributed by atoms with van der Waals surface area (Å²) >= 11 is 5.21. The van der Waals surface area contributed by atoms with Crippen LogP contribution >= 0.6 is 27.3 Å². The maximum atomic E-state index is 4.75. The van der Waals surface area contributed by atoms with Gasteiger partial charge in [-0.15, -0.1) is 11.3 Å². The molecule has 0 amide bonds. The molecule has 0 spiro atoms. The molecule has 0 unspecified atom stereocenters. The molecule has 0 radical (unpaired) electrons. The second kappa shape index (κ2) is 4.54. The maximum Gasteiger partial charge on any atom is 0.123 e. The molecule has 0 aliphatic rings. The minimum atomic E-state index is 0.123. The van der Waals surface area contributed by atoms with Crippen LogP contribution in [0.1, 0.15) is 32.0 Å². The molecule has 0 N–H and O–H groups in total. The molecule has 0 fully saturated rings. The lowest BCUT2D eigenvalue weighted by Crippen LogP contribution is -2.11. The van der Waals surface area contributed by atoms with Crippen molar-refractivity contribution in [2.45, 2.75) is 33.1 Å². The van der Waals surface area contributed by atoms with E-state index in [9.17, 15) is 0 Å². The van der Waals surface area contributed by atoms with Gasteiger partial charge in [-0.2, -0.15) is 0 Å². The summed E-state index contributed by atoms with van der Waals surface area (Å²) < 4.78 is 1.12. The van der Waals surface area contributed by atoms with E-state index in [1.165, 1.54) is 16.8 Å². The Morgan fingerprint density at radius 3 is 2.47 bits per heavy atom. The smallest absolute Gasteiger partial charge is 0.123 e. The molecule has 2 aromatic rings. The van der Waals surface area contributed by atoms with Crippen molar-refractivity contribution in [3.63, 3.8) is 0 Å². The average Bonchev–Trinajstić information content (AvgIpc) is 2.65. The van der Waals surface area contributed by atoms with Gasteiger partial charge in [0, 0.05) is 20.8 Å². The first-order chi connectivity index (χ1) is 7.88. The van der Waals surface area contributed by atoms with Gasteiger partial charge >= 0.3 is 0 Å². The summed E-state index contributed by atoms with van der Waals surface area (Å²) in [6, 6.07) is 6.33. The zero-order valence-corrected chi connectivity index (χ0v) is 12.9. The number of aryl methyl sites for hydroxylation is 1. The van der Waals surface area contributed by atoms with E-state index < -0.39 is 0 Å². The summed E-state index contributed by atoms with van der Waals surface area (Å²) in [6.07, 6.45) is 0. The second-order valence-corrected chi connectivity index (χ2v) is 7.02. The first-order valence-electron chi connectivity index (χ1n) is 5.60. The van der Waals surface area contributed by atoms with Crippen LogP contribution in [0.15, 0.2) is 28.1 Å². The van der Waals surface area contributed by atoms with E-state index in [4.69, 9.17) is 4.98 Å². The lowest BCUT2D eigenvalue weighted by Gasteiger charge is -2.14. The van der Waals surface area contributed by atoms with Crippen molar-refractivity contribution in [2.24, 2.45) is 0 Å². The van der Waals surface area contributed by atoms with Crippen LogP contribution in [0, 0.1) is 6.92 Å². The third kappa shape index (κ3) is 2.78. The van der Waals surface area contributed by atoms with Gasteiger partial charge in [0.2, 0.25) is 0 Å². The van der Waals surface area contributed by atoms with E-state index in [1.807, 2.05) is 0 Å². The predicted molar refractivity (Wildman–Crippen MR) is 78.7 cm³/mol. The van der Waals surface area contributed by atoms with Gasteiger partial charge in [-0.1, -0.05) is 42.8 Å². The molecule has 17 heavy (non-hydrogen) atoms. The summed E-state index contributed by atoms with van der Waals surface area (Å²) in [4.78, 5) is 4.75.